The van der Waals surface area contributed by atoms with Crippen molar-refractivity contribution in [3.05, 3.63) is 0 Å². The van der Waals surface area contributed by atoms with Gasteiger partial charge in [-0.3, -0.25) is 0 Å². The summed E-state index contributed by atoms with van der Waals surface area (Å²) in [5, 5.41) is 0. The first kappa shape index (κ1) is 10.4. The molecule has 2 N–H and O–H groups in total. The zero-order valence-corrected chi connectivity index (χ0v) is 9.19. The van der Waals surface area contributed by atoms with Crippen molar-refractivity contribution in [3.8, 4) is 0 Å². The normalized spacial score (nSPS) is 30.9. The fraction of sp³-hybridized carbons (Fsp3) is 0.800. The Bertz CT molecular complexity index is 312. The SMILES string of the molecule is CCC1(COC)C(N)=NC(=O)N1C1CC1. The van der Waals surface area contributed by atoms with Gasteiger partial charge in [-0.1, -0.05) is 6.92 Å². The molecular formula is C10H17N3O2. The van der Waals surface area contributed by atoms with Crippen molar-refractivity contribution in [2.75, 3.05) is 13.7 Å². The third-order valence-corrected chi connectivity index (χ3v) is 3.24. The third-order valence-electron chi connectivity index (χ3n) is 3.24. The Morgan fingerprint density at radius 2 is 2.33 bits per heavy atom. The molecule has 1 unspecified atom stereocenters. The lowest BCUT2D eigenvalue weighted by atomic mass is 9.94. The minimum atomic E-state index is -0.493. The molecule has 1 fully saturated rings. The van der Waals surface area contributed by atoms with Gasteiger partial charge in [0.05, 0.1) is 6.61 Å². The van der Waals surface area contributed by atoms with Gasteiger partial charge in [0.1, 0.15) is 11.4 Å². The Hall–Kier alpha value is -1.10. The molecule has 0 radical (unpaired) electrons. The number of aliphatic imine (C=N–C) groups is 1. The van der Waals surface area contributed by atoms with Crippen LogP contribution in [0, 0.1) is 0 Å². The van der Waals surface area contributed by atoms with Gasteiger partial charge in [-0.15, -0.1) is 0 Å². The second-order valence-electron chi connectivity index (χ2n) is 4.20. The summed E-state index contributed by atoms with van der Waals surface area (Å²) in [5.41, 5.74) is 5.37. The van der Waals surface area contributed by atoms with Crippen LogP contribution in [0.15, 0.2) is 4.99 Å². The Morgan fingerprint density at radius 1 is 1.67 bits per heavy atom. The highest BCUT2D eigenvalue weighted by Gasteiger charge is 2.52. The molecule has 1 heterocycles. The number of rotatable bonds is 4. The molecule has 0 aromatic rings. The number of nitrogens with two attached hydrogens (primary N) is 1. The van der Waals surface area contributed by atoms with Crippen LogP contribution in [-0.4, -0.2) is 42.1 Å². The maximum absolute atomic E-state index is 11.7. The van der Waals surface area contributed by atoms with Crippen molar-refractivity contribution < 1.29 is 9.53 Å². The van der Waals surface area contributed by atoms with E-state index < -0.39 is 5.54 Å². The molecule has 5 heteroatoms. The molecule has 0 aromatic carbocycles. The van der Waals surface area contributed by atoms with Crippen molar-refractivity contribution in [3.63, 3.8) is 0 Å². The zero-order valence-electron chi connectivity index (χ0n) is 9.19. The van der Waals surface area contributed by atoms with Crippen LogP contribution in [0.4, 0.5) is 4.79 Å². The van der Waals surface area contributed by atoms with Crippen molar-refractivity contribution >= 4 is 11.9 Å². The Balaban J connectivity index is 2.31. The lowest BCUT2D eigenvalue weighted by Gasteiger charge is -2.36. The number of methoxy groups -OCH3 is 1. The van der Waals surface area contributed by atoms with E-state index in [4.69, 9.17) is 10.5 Å². The minimum absolute atomic E-state index is 0.200. The van der Waals surface area contributed by atoms with E-state index in [-0.39, 0.29) is 6.03 Å². The molecule has 2 aliphatic rings. The van der Waals surface area contributed by atoms with Crippen LogP contribution in [-0.2, 0) is 4.74 Å². The minimum Gasteiger partial charge on any atom is -0.385 e. The van der Waals surface area contributed by atoms with Crippen LogP contribution >= 0.6 is 0 Å². The second-order valence-corrected chi connectivity index (χ2v) is 4.20. The maximum atomic E-state index is 11.7. The number of carbonyl (C=O) groups is 1. The molecular weight excluding hydrogens is 194 g/mol. The topological polar surface area (TPSA) is 67.9 Å². The molecule has 0 spiro atoms. The highest BCUT2D eigenvalue weighted by molar-refractivity contribution is 6.06. The van der Waals surface area contributed by atoms with Gasteiger partial charge in [-0.25, -0.2) is 4.79 Å². The fourth-order valence-electron chi connectivity index (χ4n) is 2.24. The predicted octanol–water partition coefficient (Wildman–Crippen LogP) is 0.737. The summed E-state index contributed by atoms with van der Waals surface area (Å²) >= 11 is 0. The molecule has 1 atom stereocenters. The number of nitrogens with zero attached hydrogens (tertiary/aromatic N) is 2. The fourth-order valence-corrected chi connectivity index (χ4v) is 2.24. The van der Waals surface area contributed by atoms with E-state index in [1.54, 1.807) is 7.11 Å². The van der Waals surface area contributed by atoms with Gasteiger partial charge in [0.2, 0.25) is 0 Å². The van der Waals surface area contributed by atoms with E-state index in [9.17, 15) is 4.79 Å². The summed E-state index contributed by atoms with van der Waals surface area (Å²) < 4.78 is 5.19. The van der Waals surface area contributed by atoms with E-state index in [1.165, 1.54) is 0 Å². The van der Waals surface area contributed by atoms with Gasteiger partial charge in [-0.2, -0.15) is 4.99 Å². The Morgan fingerprint density at radius 3 is 2.80 bits per heavy atom. The molecule has 1 saturated carbocycles. The summed E-state index contributed by atoms with van der Waals surface area (Å²) in [6.07, 6.45) is 2.86. The van der Waals surface area contributed by atoms with E-state index in [1.807, 2.05) is 11.8 Å². The number of carbonyl (C=O) groups excluding carboxylic acids is 1. The number of amides is 2. The van der Waals surface area contributed by atoms with Crippen LogP contribution < -0.4 is 5.73 Å². The summed E-state index contributed by atoms with van der Waals surface area (Å²) in [6.45, 7) is 2.44. The average molecular weight is 211 g/mol. The predicted molar refractivity (Wildman–Crippen MR) is 56.8 cm³/mol. The second kappa shape index (κ2) is 3.48. The monoisotopic (exact) mass is 211 g/mol. The number of ether oxygens (including phenoxy) is 1. The highest BCUT2D eigenvalue weighted by atomic mass is 16.5. The van der Waals surface area contributed by atoms with Crippen LogP contribution in [0.1, 0.15) is 26.2 Å². The standard InChI is InChI=1S/C10H17N3O2/c1-3-10(6-15-2)8(11)12-9(14)13(10)7-4-5-7/h7H,3-6H2,1-2H3,(H2,11,12,14). The van der Waals surface area contributed by atoms with Crippen LogP contribution in [0.25, 0.3) is 0 Å². The molecule has 5 nitrogen and oxygen atoms in total. The van der Waals surface area contributed by atoms with Crippen LogP contribution in [0.2, 0.25) is 0 Å². The molecule has 84 valence electrons. The van der Waals surface area contributed by atoms with Crippen LogP contribution in [0.5, 0.6) is 0 Å². The molecule has 0 bridgehead atoms. The van der Waals surface area contributed by atoms with Gasteiger partial charge < -0.3 is 15.4 Å². The molecule has 0 aromatic heterocycles. The first-order valence-corrected chi connectivity index (χ1v) is 5.32. The number of urea groups is 1. The number of hydrogen-bond acceptors (Lipinski definition) is 3. The van der Waals surface area contributed by atoms with Crippen LogP contribution in [0.3, 0.4) is 0 Å². The first-order chi connectivity index (χ1) is 7.15. The van der Waals surface area contributed by atoms with E-state index in [0.717, 1.165) is 19.3 Å². The van der Waals surface area contributed by atoms with Crippen molar-refractivity contribution in [1.29, 1.82) is 0 Å². The number of amidine groups is 1. The lowest BCUT2D eigenvalue weighted by Crippen LogP contribution is -2.57. The third kappa shape index (κ3) is 1.42. The smallest absolute Gasteiger partial charge is 0.346 e. The van der Waals surface area contributed by atoms with Gasteiger partial charge >= 0.3 is 6.03 Å². The van der Waals surface area contributed by atoms with E-state index >= 15 is 0 Å². The van der Waals surface area contributed by atoms with E-state index in [0.29, 0.717) is 18.5 Å². The lowest BCUT2D eigenvalue weighted by molar-refractivity contribution is 0.0765. The molecule has 2 amide bonds. The molecule has 1 aliphatic heterocycles. The summed E-state index contributed by atoms with van der Waals surface area (Å²) in [5.74, 6) is 0.406. The summed E-state index contributed by atoms with van der Waals surface area (Å²) in [6, 6.07) is 0.117. The summed E-state index contributed by atoms with van der Waals surface area (Å²) in [4.78, 5) is 17.4. The van der Waals surface area contributed by atoms with Gasteiger partial charge in [0, 0.05) is 13.2 Å². The van der Waals surface area contributed by atoms with E-state index in [2.05, 4.69) is 4.99 Å². The van der Waals surface area contributed by atoms with Crippen molar-refractivity contribution in [1.82, 2.24) is 4.90 Å². The molecule has 1 aliphatic carbocycles. The first-order valence-electron chi connectivity index (χ1n) is 5.32. The highest BCUT2D eigenvalue weighted by Crippen LogP contribution is 2.38. The Kier molecular flexibility index (Phi) is 2.42. The van der Waals surface area contributed by atoms with Gasteiger partial charge in [0.25, 0.3) is 0 Å². The molecule has 2 rings (SSSR count). The zero-order chi connectivity index (χ0) is 11.1. The summed E-state index contributed by atoms with van der Waals surface area (Å²) in [7, 11) is 1.62. The Labute approximate surface area is 89.3 Å². The van der Waals surface area contributed by atoms with Crippen molar-refractivity contribution in [2.24, 2.45) is 10.7 Å². The van der Waals surface area contributed by atoms with Crippen molar-refractivity contribution in [2.45, 2.75) is 37.8 Å². The quantitative estimate of drug-likeness (QED) is 0.745. The van der Waals surface area contributed by atoms with Gasteiger partial charge in [-0.05, 0) is 19.3 Å². The molecule has 0 saturated heterocycles. The molecule has 15 heavy (non-hydrogen) atoms. The average Bonchev–Trinajstić information content (AvgIpc) is 2.97. The van der Waals surface area contributed by atoms with Gasteiger partial charge in [0.15, 0.2) is 0 Å². The maximum Gasteiger partial charge on any atom is 0.346 e. The number of hydrogen-bond donors (Lipinski definition) is 1. The largest absolute Gasteiger partial charge is 0.385 e.